The van der Waals surface area contributed by atoms with Crippen LogP contribution in [0.25, 0.3) is 0 Å². The van der Waals surface area contributed by atoms with Crippen molar-refractivity contribution >= 4 is 21.6 Å². The number of benzene rings is 3. The van der Waals surface area contributed by atoms with Crippen molar-refractivity contribution in [2.24, 2.45) is 0 Å². The lowest BCUT2D eigenvalue weighted by Crippen LogP contribution is -2.42. The molecule has 0 aliphatic carbocycles. The highest BCUT2D eigenvalue weighted by Gasteiger charge is 2.25. The fourth-order valence-electron chi connectivity index (χ4n) is 3.42. The molecule has 3 aromatic carbocycles. The van der Waals surface area contributed by atoms with Crippen LogP contribution in [-0.4, -0.2) is 27.1 Å². The van der Waals surface area contributed by atoms with Crippen LogP contribution in [0.1, 0.15) is 29.7 Å². The number of hydrogen-bond donors (Lipinski definition) is 1. The van der Waals surface area contributed by atoms with Crippen LogP contribution in [0.15, 0.2) is 84.9 Å². The second-order valence-electron chi connectivity index (χ2n) is 7.07. The summed E-state index contributed by atoms with van der Waals surface area (Å²) in [7, 11) is -3.64. The van der Waals surface area contributed by atoms with Crippen LogP contribution in [0.4, 0.5) is 5.69 Å². The first-order valence-electron chi connectivity index (χ1n) is 9.85. The Bertz CT molecular complexity index is 1040. The van der Waals surface area contributed by atoms with Crippen LogP contribution >= 0.6 is 0 Å². The van der Waals surface area contributed by atoms with E-state index in [9.17, 15) is 13.2 Å². The van der Waals surface area contributed by atoms with Gasteiger partial charge in [-0.15, -0.1) is 0 Å². The Morgan fingerprint density at radius 2 is 1.37 bits per heavy atom. The van der Waals surface area contributed by atoms with E-state index in [2.05, 4.69) is 5.32 Å². The molecule has 30 heavy (non-hydrogen) atoms. The SMILES string of the molecule is CCc1ccccc1N(CC(=O)NC(c1ccccc1)c1ccccc1)S(C)(=O)=O. The zero-order valence-corrected chi connectivity index (χ0v) is 18.0. The van der Waals surface area contributed by atoms with Gasteiger partial charge in [-0.05, 0) is 29.2 Å². The number of aryl methyl sites for hydroxylation is 1. The van der Waals surface area contributed by atoms with Crippen LogP contribution in [0, 0.1) is 0 Å². The minimum absolute atomic E-state index is 0.286. The molecular weight excluding hydrogens is 396 g/mol. The quantitative estimate of drug-likeness (QED) is 0.598. The molecule has 1 amide bonds. The van der Waals surface area contributed by atoms with Gasteiger partial charge in [0, 0.05) is 0 Å². The molecule has 0 aromatic heterocycles. The normalized spacial score (nSPS) is 11.3. The van der Waals surface area contributed by atoms with Crippen molar-refractivity contribution in [1.82, 2.24) is 5.32 Å². The molecule has 0 heterocycles. The summed E-state index contributed by atoms with van der Waals surface area (Å²) in [6.45, 7) is 1.67. The highest BCUT2D eigenvalue weighted by Crippen LogP contribution is 2.25. The van der Waals surface area contributed by atoms with Crippen molar-refractivity contribution in [3.63, 3.8) is 0 Å². The molecule has 0 aliphatic rings. The van der Waals surface area contributed by atoms with Crippen LogP contribution in [-0.2, 0) is 21.2 Å². The average molecular weight is 423 g/mol. The van der Waals surface area contributed by atoms with Gasteiger partial charge in [0.15, 0.2) is 0 Å². The van der Waals surface area contributed by atoms with Crippen molar-refractivity contribution in [2.75, 3.05) is 17.1 Å². The number of nitrogens with zero attached hydrogens (tertiary/aromatic N) is 1. The van der Waals surface area contributed by atoms with Gasteiger partial charge in [-0.25, -0.2) is 8.42 Å². The monoisotopic (exact) mass is 422 g/mol. The number of rotatable bonds is 8. The second kappa shape index (κ2) is 9.59. The summed E-state index contributed by atoms with van der Waals surface area (Å²) in [5.74, 6) is -0.371. The molecule has 1 N–H and O–H groups in total. The van der Waals surface area contributed by atoms with Gasteiger partial charge in [0.1, 0.15) is 6.54 Å². The molecule has 156 valence electrons. The molecule has 0 atom stereocenters. The minimum Gasteiger partial charge on any atom is -0.344 e. The van der Waals surface area contributed by atoms with Gasteiger partial charge in [0.25, 0.3) is 0 Å². The van der Waals surface area contributed by atoms with E-state index in [-0.39, 0.29) is 18.5 Å². The number of amides is 1. The van der Waals surface area contributed by atoms with Crippen molar-refractivity contribution in [3.05, 3.63) is 102 Å². The average Bonchev–Trinajstić information content (AvgIpc) is 2.76. The zero-order chi connectivity index (χ0) is 21.6. The molecule has 0 spiro atoms. The number of carbonyl (C=O) groups excluding carboxylic acids is 1. The first-order chi connectivity index (χ1) is 14.4. The molecule has 5 nitrogen and oxygen atoms in total. The van der Waals surface area contributed by atoms with Crippen molar-refractivity contribution in [1.29, 1.82) is 0 Å². The lowest BCUT2D eigenvalue weighted by molar-refractivity contribution is -0.120. The summed E-state index contributed by atoms with van der Waals surface area (Å²) in [6, 6.07) is 26.1. The van der Waals surface area contributed by atoms with Crippen molar-refractivity contribution in [3.8, 4) is 0 Å². The second-order valence-corrected chi connectivity index (χ2v) is 8.98. The number of anilines is 1. The van der Waals surface area contributed by atoms with E-state index in [4.69, 9.17) is 0 Å². The lowest BCUT2D eigenvalue weighted by Gasteiger charge is -2.26. The predicted octanol–water partition coefficient (Wildman–Crippen LogP) is 3.92. The number of para-hydroxylation sites is 1. The molecule has 0 bridgehead atoms. The first-order valence-corrected chi connectivity index (χ1v) is 11.7. The van der Waals surface area contributed by atoms with Gasteiger partial charge in [0.05, 0.1) is 18.0 Å². The molecule has 0 fully saturated rings. The molecular formula is C24H26N2O3S. The standard InChI is InChI=1S/C24H26N2O3S/c1-3-19-12-10-11-17-22(19)26(30(2,28)29)18-23(27)25-24(20-13-6-4-7-14-20)21-15-8-5-9-16-21/h4-17,24H,3,18H2,1-2H3,(H,25,27). The predicted molar refractivity (Wildman–Crippen MR) is 121 cm³/mol. The topological polar surface area (TPSA) is 66.5 Å². The Labute approximate surface area is 178 Å². The highest BCUT2D eigenvalue weighted by molar-refractivity contribution is 7.92. The highest BCUT2D eigenvalue weighted by atomic mass is 32.2. The molecule has 3 aromatic rings. The first kappa shape index (κ1) is 21.6. The van der Waals surface area contributed by atoms with Crippen LogP contribution in [0.3, 0.4) is 0 Å². The minimum atomic E-state index is -3.64. The van der Waals surface area contributed by atoms with E-state index in [1.54, 1.807) is 12.1 Å². The number of nitrogens with one attached hydrogen (secondary N) is 1. The molecule has 6 heteroatoms. The van der Waals surface area contributed by atoms with Crippen molar-refractivity contribution in [2.45, 2.75) is 19.4 Å². The smallest absolute Gasteiger partial charge is 0.241 e. The van der Waals surface area contributed by atoms with Gasteiger partial charge in [-0.3, -0.25) is 9.10 Å². The number of hydrogen-bond acceptors (Lipinski definition) is 3. The molecule has 0 saturated heterocycles. The van der Waals surface area contributed by atoms with E-state index >= 15 is 0 Å². The van der Waals surface area contributed by atoms with Crippen LogP contribution < -0.4 is 9.62 Å². The van der Waals surface area contributed by atoms with Gasteiger partial charge in [-0.1, -0.05) is 85.8 Å². The third-order valence-electron chi connectivity index (χ3n) is 4.90. The number of carbonyl (C=O) groups is 1. The molecule has 0 radical (unpaired) electrons. The van der Waals surface area contributed by atoms with Crippen molar-refractivity contribution < 1.29 is 13.2 Å². The molecule has 0 unspecified atom stereocenters. The van der Waals surface area contributed by atoms with Gasteiger partial charge in [-0.2, -0.15) is 0 Å². The molecule has 3 rings (SSSR count). The summed E-state index contributed by atoms with van der Waals surface area (Å²) in [6.07, 6.45) is 1.79. The van der Waals surface area contributed by atoms with E-state index in [0.717, 1.165) is 22.9 Å². The Morgan fingerprint density at radius 3 is 1.87 bits per heavy atom. The number of sulfonamides is 1. The Balaban J connectivity index is 1.90. The van der Waals surface area contributed by atoms with E-state index in [0.29, 0.717) is 12.1 Å². The third-order valence-corrected chi connectivity index (χ3v) is 6.03. The lowest BCUT2D eigenvalue weighted by atomic mass is 9.99. The van der Waals surface area contributed by atoms with Crippen LogP contribution in [0.5, 0.6) is 0 Å². The van der Waals surface area contributed by atoms with Gasteiger partial charge < -0.3 is 5.32 Å². The Hall–Kier alpha value is -3.12. The summed E-state index contributed by atoms with van der Waals surface area (Å²) in [5, 5.41) is 3.01. The molecule has 0 aliphatic heterocycles. The van der Waals surface area contributed by atoms with Crippen LogP contribution in [0.2, 0.25) is 0 Å². The Morgan fingerprint density at radius 1 is 0.867 bits per heavy atom. The van der Waals surface area contributed by atoms with E-state index in [1.807, 2.05) is 79.7 Å². The summed E-state index contributed by atoms with van der Waals surface area (Å²) in [4.78, 5) is 13.0. The Kier molecular flexibility index (Phi) is 6.90. The maximum absolute atomic E-state index is 13.0. The maximum atomic E-state index is 13.0. The van der Waals surface area contributed by atoms with E-state index in [1.165, 1.54) is 4.31 Å². The fourth-order valence-corrected chi connectivity index (χ4v) is 4.31. The summed E-state index contributed by atoms with van der Waals surface area (Å²) in [5.41, 5.74) is 3.26. The zero-order valence-electron chi connectivity index (χ0n) is 17.2. The summed E-state index contributed by atoms with van der Waals surface area (Å²) < 4.78 is 26.2. The third kappa shape index (κ3) is 5.27. The van der Waals surface area contributed by atoms with E-state index < -0.39 is 10.0 Å². The maximum Gasteiger partial charge on any atom is 0.241 e. The largest absolute Gasteiger partial charge is 0.344 e. The van der Waals surface area contributed by atoms with Gasteiger partial charge in [0.2, 0.25) is 15.9 Å². The summed E-state index contributed by atoms with van der Waals surface area (Å²) >= 11 is 0. The fraction of sp³-hybridized carbons (Fsp3) is 0.208. The molecule has 0 saturated carbocycles. The van der Waals surface area contributed by atoms with Gasteiger partial charge >= 0.3 is 0 Å².